The highest BCUT2D eigenvalue weighted by Crippen LogP contribution is 2.17. The van der Waals surface area contributed by atoms with Gasteiger partial charge in [-0.15, -0.1) is 0 Å². The van der Waals surface area contributed by atoms with Crippen LogP contribution in [-0.4, -0.2) is 27.7 Å². The normalized spacial score (nSPS) is 18.3. The van der Waals surface area contributed by atoms with Crippen LogP contribution >= 0.6 is 24.0 Å². The zero-order valence-corrected chi connectivity index (χ0v) is 7.83. The second-order valence-electron chi connectivity index (χ2n) is 2.15. The molecule has 1 aliphatic rings. The molecule has 1 rings (SSSR count). The Bertz CT molecular complexity index is 183. The van der Waals surface area contributed by atoms with Gasteiger partial charge in [-0.1, -0.05) is 11.8 Å². The van der Waals surface area contributed by atoms with Crippen LogP contribution in [0.1, 0.15) is 13.3 Å². The van der Waals surface area contributed by atoms with Crippen molar-refractivity contribution in [3.63, 3.8) is 0 Å². The first-order chi connectivity index (χ1) is 5.20. The van der Waals surface area contributed by atoms with Gasteiger partial charge in [-0.25, -0.2) is 0 Å². The predicted octanol–water partition coefficient (Wildman–Crippen LogP) is 1.19. The molecule has 0 unspecified atom stereocenters. The van der Waals surface area contributed by atoms with E-state index in [1.165, 1.54) is 12.0 Å². The Kier molecular flexibility index (Phi) is 3.14. The maximum Gasteiger partial charge on any atom is 0.329 e. The van der Waals surface area contributed by atoms with Gasteiger partial charge in [-0.2, -0.15) is 5.06 Å². The summed E-state index contributed by atoms with van der Waals surface area (Å²) in [6.07, 6.45) is 1.01. The summed E-state index contributed by atoms with van der Waals surface area (Å²) in [5.74, 6) is 0.714. The summed E-state index contributed by atoms with van der Waals surface area (Å²) in [6.45, 7) is 2.10. The van der Waals surface area contributed by atoms with E-state index in [-0.39, 0.29) is 5.97 Å². The van der Waals surface area contributed by atoms with Crippen LogP contribution in [0.2, 0.25) is 0 Å². The van der Waals surface area contributed by atoms with Gasteiger partial charge in [0.1, 0.15) is 0 Å². The number of thioether (sulfide) groups is 1. The highest BCUT2D eigenvalue weighted by Gasteiger charge is 2.17. The summed E-state index contributed by atoms with van der Waals surface area (Å²) in [5, 5.41) is 1.48. The van der Waals surface area contributed by atoms with Crippen LogP contribution in [0, 0.1) is 0 Å². The lowest BCUT2D eigenvalue weighted by Gasteiger charge is -2.25. The molecule has 0 aromatic heterocycles. The lowest BCUT2D eigenvalue weighted by Crippen LogP contribution is -2.34. The molecule has 0 spiro atoms. The van der Waals surface area contributed by atoms with E-state index in [2.05, 4.69) is 0 Å². The molecule has 3 nitrogen and oxygen atoms in total. The van der Waals surface area contributed by atoms with Crippen LogP contribution in [0.5, 0.6) is 0 Å². The smallest absolute Gasteiger partial charge is 0.329 e. The van der Waals surface area contributed by atoms with Gasteiger partial charge in [0.2, 0.25) is 0 Å². The molecular weight excluding hydrogens is 182 g/mol. The molecule has 5 heteroatoms. The van der Waals surface area contributed by atoms with Crippen molar-refractivity contribution < 1.29 is 9.63 Å². The quantitative estimate of drug-likeness (QED) is 0.581. The molecule has 0 amide bonds. The second-order valence-corrected chi connectivity index (χ2v) is 3.88. The van der Waals surface area contributed by atoms with Gasteiger partial charge < -0.3 is 4.84 Å². The molecule has 0 radical (unpaired) electrons. The van der Waals surface area contributed by atoms with E-state index in [4.69, 9.17) is 17.1 Å². The molecule has 11 heavy (non-hydrogen) atoms. The van der Waals surface area contributed by atoms with Crippen molar-refractivity contribution in [1.82, 2.24) is 5.06 Å². The molecule has 1 heterocycles. The van der Waals surface area contributed by atoms with Gasteiger partial charge in [0, 0.05) is 12.7 Å². The zero-order chi connectivity index (χ0) is 8.27. The Morgan fingerprint density at radius 1 is 1.82 bits per heavy atom. The number of rotatable bonds is 1. The molecule has 0 N–H and O–H groups in total. The molecule has 0 bridgehead atoms. The Labute approximate surface area is 75.0 Å². The summed E-state index contributed by atoms with van der Waals surface area (Å²) in [5.41, 5.74) is 0. The predicted molar refractivity (Wildman–Crippen MR) is 48.1 cm³/mol. The maximum absolute atomic E-state index is 10.5. The molecule has 0 atom stereocenters. The largest absolute Gasteiger partial charge is 0.340 e. The van der Waals surface area contributed by atoms with Gasteiger partial charge in [0.05, 0.1) is 6.54 Å². The Morgan fingerprint density at radius 2 is 2.55 bits per heavy atom. The minimum Gasteiger partial charge on any atom is -0.340 e. The third kappa shape index (κ3) is 2.67. The highest BCUT2D eigenvalue weighted by molar-refractivity contribution is 8.22. The Hall–Kier alpha value is -0.290. The van der Waals surface area contributed by atoms with Gasteiger partial charge in [-0.05, 0) is 18.6 Å². The molecule has 1 fully saturated rings. The molecule has 0 saturated carbocycles. The first-order valence-electron chi connectivity index (χ1n) is 3.33. The molecule has 0 aromatic rings. The number of hydrogen-bond donors (Lipinski definition) is 0. The van der Waals surface area contributed by atoms with Crippen molar-refractivity contribution in [1.29, 1.82) is 0 Å². The van der Waals surface area contributed by atoms with Crippen LogP contribution in [-0.2, 0) is 9.63 Å². The summed E-state index contributed by atoms with van der Waals surface area (Å²) < 4.78 is 0.659. The van der Waals surface area contributed by atoms with Crippen molar-refractivity contribution >= 4 is 34.3 Å². The Morgan fingerprint density at radius 3 is 3.09 bits per heavy atom. The first kappa shape index (κ1) is 8.80. The molecule has 0 aromatic carbocycles. The lowest BCUT2D eigenvalue weighted by atomic mass is 10.5. The highest BCUT2D eigenvalue weighted by atomic mass is 32.2. The number of thiocarbonyl (C=S) groups is 1. The standard InChI is InChI=1S/C6H9NO2S2/c1-5(8)9-7-3-2-4-11-6(7)10/h2-4H2,1H3. The average Bonchev–Trinajstić information content (AvgIpc) is 1.93. The zero-order valence-electron chi connectivity index (χ0n) is 6.20. The van der Waals surface area contributed by atoms with Crippen molar-refractivity contribution in [3.05, 3.63) is 0 Å². The van der Waals surface area contributed by atoms with E-state index in [9.17, 15) is 4.79 Å². The van der Waals surface area contributed by atoms with E-state index in [1.54, 1.807) is 11.8 Å². The molecule has 1 aliphatic heterocycles. The fourth-order valence-corrected chi connectivity index (χ4v) is 1.87. The van der Waals surface area contributed by atoms with E-state index < -0.39 is 0 Å². The second kappa shape index (κ2) is 3.92. The van der Waals surface area contributed by atoms with Gasteiger partial charge in [0.25, 0.3) is 0 Å². The van der Waals surface area contributed by atoms with E-state index in [0.29, 0.717) is 4.32 Å². The minimum absolute atomic E-state index is 0.310. The summed E-state index contributed by atoms with van der Waals surface area (Å²) in [7, 11) is 0. The van der Waals surface area contributed by atoms with Crippen LogP contribution in [0.15, 0.2) is 0 Å². The number of hydrogen-bond acceptors (Lipinski definition) is 4. The first-order valence-corrected chi connectivity index (χ1v) is 4.72. The monoisotopic (exact) mass is 191 g/mol. The van der Waals surface area contributed by atoms with Crippen molar-refractivity contribution in [2.24, 2.45) is 0 Å². The SMILES string of the molecule is CC(=O)ON1CCCSC1=S. The summed E-state index contributed by atoms with van der Waals surface area (Å²) >= 11 is 6.51. The van der Waals surface area contributed by atoms with E-state index in [0.717, 1.165) is 18.7 Å². The van der Waals surface area contributed by atoms with Crippen LogP contribution < -0.4 is 0 Å². The van der Waals surface area contributed by atoms with Crippen LogP contribution in [0.25, 0.3) is 0 Å². The van der Waals surface area contributed by atoms with Crippen molar-refractivity contribution in [2.75, 3.05) is 12.3 Å². The van der Waals surface area contributed by atoms with Gasteiger partial charge in [-0.3, -0.25) is 4.79 Å². The minimum atomic E-state index is -0.310. The van der Waals surface area contributed by atoms with Crippen LogP contribution in [0.4, 0.5) is 0 Å². The lowest BCUT2D eigenvalue weighted by molar-refractivity contribution is -0.169. The summed E-state index contributed by atoms with van der Waals surface area (Å²) in [4.78, 5) is 15.4. The van der Waals surface area contributed by atoms with Crippen molar-refractivity contribution in [3.8, 4) is 0 Å². The van der Waals surface area contributed by atoms with Crippen LogP contribution in [0.3, 0.4) is 0 Å². The van der Waals surface area contributed by atoms with Gasteiger partial charge in [0.15, 0.2) is 4.32 Å². The third-order valence-corrected chi connectivity index (χ3v) is 2.67. The fourth-order valence-electron chi connectivity index (χ4n) is 0.769. The molecule has 1 saturated heterocycles. The Balaban J connectivity index is 2.42. The van der Waals surface area contributed by atoms with Gasteiger partial charge >= 0.3 is 5.97 Å². The third-order valence-electron chi connectivity index (χ3n) is 1.17. The molecule has 0 aliphatic carbocycles. The number of nitrogens with zero attached hydrogens (tertiary/aromatic N) is 1. The van der Waals surface area contributed by atoms with E-state index >= 15 is 0 Å². The number of carbonyl (C=O) groups excluding carboxylic acids is 1. The van der Waals surface area contributed by atoms with Crippen molar-refractivity contribution in [2.45, 2.75) is 13.3 Å². The number of hydroxylamine groups is 2. The summed E-state index contributed by atoms with van der Waals surface area (Å²) in [6, 6.07) is 0. The number of carbonyl (C=O) groups is 1. The maximum atomic E-state index is 10.5. The average molecular weight is 191 g/mol. The fraction of sp³-hybridized carbons (Fsp3) is 0.667. The van der Waals surface area contributed by atoms with E-state index in [1.807, 2.05) is 0 Å². The molecule has 62 valence electrons. The molecular formula is C6H9NO2S2. The topological polar surface area (TPSA) is 29.5 Å².